The van der Waals surface area contributed by atoms with Gasteiger partial charge >= 0.3 is 6.03 Å². The van der Waals surface area contributed by atoms with E-state index in [2.05, 4.69) is 52.2 Å². The van der Waals surface area contributed by atoms with E-state index in [0.29, 0.717) is 13.2 Å². The van der Waals surface area contributed by atoms with E-state index in [0.717, 1.165) is 20.4 Å². The van der Waals surface area contributed by atoms with Gasteiger partial charge in [-0.2, -0.15) is 0 Å². The number of hydrogen-bond donors (Lipinski definition) is 1. The first-order valence-corrected chi connectivity index (χ1v) is 10.4. The molecule has 146 valence electrons. The summed E-state index contributed by atoms with van der Waals surface area (Å²) in [6.07, 6.45) is 1.69. The van der Waals surface area contributed by atoms with Crippen molar-refractivity contribution in [3.8, 4) is 5.75 Å². The third kappa shape index (κ3) is 3.98. The minimum absolute atomic E-state index is 0.289. The minimum atomic E-state index is -0.381. The molecule has 0 radical (unpaired) electrons. The predicted octanol–water partition coefficient (Wildman–Crippen LogP) is 4.94. The molecule has 0 bridgehead atoms. The van der Waals surface area contributed by atoms with Crippen LogP contribution < -0.4 is 10.1 Å². The van der Waals surface area contributed by atoms with Crippen LogP contribution in [-0.4, -0.2) is 23.4 Å². The lowest BCUT2D eigenvalue weighted by Gasteiger charge is -2.11. The molecule has 0 saturated carbocycles. The lowest BCUT2D eigenvalue weighted by atomic mass is 10.1. The molecule has 3 aromatic rings. The van der Waals surface area contributed by atoms with Crippen molar-refractivity contribution < 1.29 is 14.3 Å². The second kappa shape index (κ2) is 8.24. The Morgan fingerprint density at radius 2 is 1.86 bits per heavy atom. The molecule has 0 atom stereocenters. The second-order valence-corrected chi connectivity index (χ2v) is 7.82. The Morgan fingerprint density at radius 1 is 1.07 bits per heavy atom. The van der Waals surface area contributed by atoms with E-state index < -0.39 is 0 Å². The molecule has 5 nitrogen and oxygen atoms in total. The summed E-state index contributed by atoms with van der Waals surface area (Å²) in [5, 5.41) is 4.99. The van der Waals surface area contributed by atoms with Crippen LogP contribution in [0.3, 0.4) is 0 Å². The van der Waals surface area contributed by atoms with Crippen LogP contribution >= 0.6 is 22.6 Å². The van der Waals surface area contributed by atoms with Gasteiger partial charge in [-0.1, -0.05) is 48.5 Å². The van der Waals surface area contributed by atoms with Crippen LogP contribution in [0, 0.1) is 3.57 Å². The molecule has 3 aromatic carbocycles. The number of likely N-dealkylation sites (N-methyl/N-ethyl adjacent to an activating group) is 1. The van der Waals surface area contributed by atoms with E-state index >= 15 is 0 Å². The number of benzene rings is 3. The topological polar surface area (TPSA) is 58.6 Å². The summed E-state index contributed by atoms with van der Waals surface area (Å²) in [7, 11) is 0. The van der Waals surface area contributed by atoms with Gasteiger partial charge in [0.05, 0.1) is 3.57 Å². The Morgan fingerprint density at radius 3 is 2.62 bits per heavy atom. The van der Waals surface area contributed by atoms with Crippen LogP contribution in [0.15, 0.2) is 66.4 Å². The third-order valence-electron chi connectivity index (χ3n) is 4.81. The second-order valence-electron chi connectivity index (χ2n) is 6.65. The van der Waals surface area contributed by atoms with Crippen LogP contribution in [0.25, 0.3) is 16.8 Å². The van der Waals surface area contributed by atoms with Crippen LogP contribution in [0.5, 0.6) is 5.75 Å². The van der Waals surface area contributed by atoms with Crippen molar-refractivity contribution in [1.29, 1.82) is 0 Å². The molecule has 1 heterocycles. The zero-order chi connectivity index (χ0) is 20.4. The van der Waals surface area contributed by atoms with Gasteiger partial charge in [-0.3, -0.25) is 9.69 Å². The highest BCUT2D eigenvalue weighted by molar-refractivity contribution is 14.1. The van der Waals surface area contributed by atoms with Crippen molar-refractivity contribution in [3.05, 3.63) is 81.1 Å². The van der Waals surface area contributed by atoms with Crippen LogP contribution in [0.2, 0.25) is 0 Å². The summed E-state index contributed by atoms with van der Waals surface area (Å²) in [6.45, 7) is 2.59. The SMILES string of the molecule is CCN1C(=O)N/C(=C/c2ccc(OCc3cccc4ccccc34)c(I)c2)C1=O. The number of hydrogen-bond acceptors (Lipinski definition) is 3. The number of carbonyl (C=O) groups excluding carboxylic acids is 2. The van der Waals surface area contributed by atoms with Gasteiger partial charge in [0.2, 0.25) is 0 Å². The summed E-state index contributed by atoms with van der Waals surface area (Å²) >= 11 is 2.22. The highest BCUT2D eigenvalue weighted by atomic mass is 127. The summed E-state index contributed by atoms with van der Waals surface area (Å²) in [6, 6.07) is 19.8. The Bertz CT molecular complexity index is 1130. The van der Waals surface area contributed by atoms with Crippen LogP contribution in [-0.2, 0) is 11.4 Å². The molecule has 1 N–H and O–H groups in total. The maximum atomic E-state index is 12.2. The molecule has 0 unspecified atom stereocenters. The maximum Gasteiger partial charge on any atom is 0.328 e. The van der Waals surface area contributed by atoms with E-state index in [9.17, 15) is 9.59 Å². The first-order chi connectivity index (χ1) is 14.1. The Kier molecular flexibility index (Phi) is 5.53. The maximum absolute atomic E-state index is 12.2. The summed E-state index contributed by atoms with van der Waals surface area (Å²) < 4.78 is 6.99. The van der Waals surface area contributed by atoms with Gasteiger partial charge in [-0.25, -0.2) is 4.79 Å². The molecular formula is C23H19IN2O3. The summed E-state index contributed by atoms with van der Waals surface area (Å²) in [5.41, 5.74) is 2.25. The standard InChI is InChI=1S/C23H19IN2O3/c1-2-26-22(27)20(25-23(26)28)13-15-10-11-21(19(24)12-15)29-14-17-8-5-7-16-6-3-4-9-18(16)17/h3-13H,2,14H2,1H3,(H,25,28)/b20-13+. The van der Waals surface area contributed by atoms with Crippen molar-refractivity contribution in [1.82, 2.24) is 10.2 Å². The van der Waals surface area contributed by atoms with Crippen molar-refractivity contribution in [2.45, 2.75) is 13.5 Å². The number of urea groups is 1. The third-order valence-corrected chi connectivity index (χ3v) is 5.65. The van der Waals surface area contributed by atoms with Crippen LogP contribution in [0.4, 0.5) is 4.79 Å². The van der Waals surface area contributed by atoms with Gasteiger partial charge in [-0.05, 0) is 69.6 Å². The number of rotatable bonds is 5. The predicted molar refractivity (Wildman–Crippen MR) is 121 cm³/mol. The Labute approximate surface area is 182 Å². The normalized spacial score (nSPS) is 15.2. The minimum Gasteiger partial charge on any atom is -0.488 e. The number of carbonyl (C=O) groups is 2. The molecule has 1 fully saturated rings. The van der Waals surface area contributed by atoms with Crippen molar-refractivity contribution >= 4 is 51.4 Å². The highest BCUT2D eigenvalue weighted by Gasteiger charge is 2.31. The first kappa shape index (κ1) is 19.4. The van der Waals surface area contributed by atoms with E-state index in [1.54, 1.807) is 13.0 Å². The van der Waals surface area contributed by atoms with E-state index in [1.807, 2.05) is 36.4 Å². The number of halogens is 1. The van der Waals surface area contributed by atoms with Gasteiger partial charge < -0.3 is 10.1 Å². The average Bonchev–Trinajstić information content (AvgIpc) is 2.99. The fourth-order valence-electron chi connectivity index (χ4n) is 3.32. The van der Waals surface area contributed by atoms with Crippen molar-refractivity contribution in [2.24, 2.45) is 0 Å². The molecule has 29 heavy (non-hydrogen) atoms. The fraction of sp³-hybridized carbons (Fsp3) is 0.130. The van der Waals surface area contributed by atoms with E-state index in [1.165, 1.54) is 15.7 Å². The lowest BCUT2D eigenvalue weighted by Crippen LogP contribution is -2.30. The Balaban J connectivity index is 1.51. The summed E-state index contributed by atoms with van der Waals surface area (Å²) in [4.78, 5) is 25.2. The van der Waals surface area contributed by atoms with Crippen molar-refractivity contribution in [2.75, 3.05) is 6.54 Å². The summed E-state index contributed by atoms with van der Waals surface area (Å²) in [5.74, 6) is 0.474. The van der Waals surface area contributed by atoms with Crippen molar-refractivity contribution in [3.63, 3.8) is 0 Å². The molecule has 4 rings (SSSR count). The number of ether oxygens (including phenoxy) is 1. The average molecular weight is 498 g/mol. The van der Waals surface area contributed by atoms with E-state index in [4.69, 9.17) is 4.74 Å². The lowest BCUT2D eigenvalue weighted by molar-refractivity contribution is -0.122. The molecule has 0 aromatic heterocycles. The van der Waals surface area contributed by atoms with E-state index in [-0.39, 0.29) is 17.6 Å². The zero-order valence-corrected chi connectivity index (χ0v) is 18.0. The number of amides is 3. The molecule has 3 amide bonds. The molecule has 0 spiro atoms. The zero-order valence-electron chi connectivity index (χ0n) is 15.8. The smallest absolute Gasteiger partial charge is 0.328 e. The van der Waals surface area contributed by atoms with Gasteiger partial charge in [0.25, 0.3) is 5.91 Å². The highest BCUT2D eigenvalue weighted by Crippen LogP contribution is 2.26. The largest absolute Gasteiger partial charge is 0.488 e. The number of nitrogens with one attached hydrogen (secondary N) is 1. The molecule has 0 aliphatic carbocycles. The van der Waals surface area contributed by atoms with Gasteiger partial charge in [0.1, 0.15) is 18.1 Å². The molecule has 1 aliphatic heterocycles. The fourth-order valence-corrected chi connectivity index (χ4v) is 4.02. The quantitative estimate of drug-likeness (QED) is 0.308. The molecule has 1 saturated heterocycles. The number of fused-ring (bicyclic) bond motifs is 1. The van der Waals surface area contributed by atoms with Gasteiger partial charge in [-0.15, -0.1) is 0 Å². The van der Waals surface area contributed by atoms with Crippen LogP contribution in [0.1, 0.15) is 18.1 Å². The molecular weight excluding hydrogens is 479 g/mol. The Hall–Kier alpha value is -2.87. The van der Waals surface area contributed by atoms with Gasteiger partial charge in [0, 0.05) is 6.54 Å². The molecule has 1 aliphatic rings. The molecule has 6 heteroatoms. The first-order valence-electron chi connectivity index (χ1n) is 9.30. The number of nitrogens with zero attached hydrogens (tertiary/aromatic N) is 1. The monoisotopic (exact) mass is 498 g/mol. The number of imide groups is 1. The van der Waals surface area contributed by atoms with Gasteiger partial charge in [0.15, 0.2) is 0 Å².